The number of alkyl halides is 1. The Bertz CT molecular complexity index is 404. The smallest absolute Gasteiger partial charge is 0.265 e. The lowest BCUT2D eigenvalue weighted by Crippen LogP contribution is -2.40. The van der Waals surface area contributed by atoms with E-state index >= 15 is 0 Å². The molecule has 0 fully saturated rings. The molecule has 0 saturated carbocycles. The van der Waals surface area contributed by atoms with Crippen molar-refractivity contribution >= 4 is 44.8 Å². The zero-order valence-corrected chi connectivity index (χ0v) is 14.2. The van der Waals surface area contributed by atoms with E-state index in [1.54, 1.807) is 0 Å². The molecule has 0 unspecified atom stereocenters. The molecule has 1 rings (SSSR count). The maximum absolute atomic E-state index is 12.6. The van der Waals surface area contributed by atoms with Crippen LogP contribution in [-0.4, -0.2) is 28.7 Å². The van der Waals surface area contributed by atoms with Gasteiger partial charge in [0.15, 0.2) is 0 Å². The molecule has 1 amide bonds. The number of aryl methyl sites for hydroxylation is 1. The summed E-state index contributed by atoms with van der Waals surface area (Å²) in [6.07, 6.45) is 1.94. The third-order valence-corrected chi connectivity index (χ3v) is 5.10. The van der Waals surface area contributed by atoms with E-state index in [1.807, 2.05) is 17.2 Å². The zero-order chi connectivity index (χ0) is 13.7. The average molecular weight is 353 g/mol. The molecule has 0 aliphatic heterocycles. The van der Waals surface area contributed by atoms with E-state index in [1.165, 1.54) is 11.3 Å². The molecule has 0 saturated heterocycles. The predicted octanol–water partition coefficient (Wildman–Crippen LogP) is 4.74. The summed E-state index contributed by atoms with van der Waals surface area (Å²) in [5, 5.41) is 3.34. The van der Waals surface area contributed by atoms with Gasteiger partial charge in [-0.15, -0.1) is 11.3 Å². The summed E-state index contributed by atoms with van der Waals surface area (Å²) in [6.45, 7) is 6.88. The molecule has 1 heterocycles. The van der Waals surface area contributed by atoms with Gasteiger partial charge in [-0.05, 0) is 30.7 Å². The predicted molar refractivity (Wildman–Crippen MR) is 83.3 cm³/mol. The van der Waals surface area contributed by atoms with Crippen LogP contribution in [0.25, 0.3) is 0 Å². The van der Waals surface area contributed by atoms with Gasteiger partial charge >= 0.3 is 0 Å². The fraction of sp³-hybridized carbons (Fsp3) is 0.615. The number of nitrogens with zero attached hydrogens (tertiary/aromatic N) is 1. The monoisotopic (exact) mass is 351 g/mol. The normalized spacial score (nSPS) is 11.0. The lowest BCUT2D eigenvalue weighted by molar-refractivity contribution is 0.0688. The highest BCUT2D eigenvalue weighted by Gasteiger charge is 2.25. The summed E-state index contributed by atoms with van der Waals surface area (Å²) >= 11 is 11.0. The average Bonchev–Trinajstić information content (AvgIpc) is 2.69. The first-order chi connectivity index (χ1) is 8.56. The summed E-state index contributed by atoms with van der Waals surface area (Å²) < 4.78 is 0. The molecule has 102 valence electrons. The van der Waals surface area contributed by atoms with E-state index in [4.69, 9.17) is 11.6 Å². The van der Waals surface area contributed by atoms with Gasteiger partial charge in [-0.3, -0.25) is 4.79 Å². The second kappa shape index (κ2) is 7.51. The molecule has 0 N–H and O–H groups in total. The standard InChI is InChI=1S/C13H19BrClNOS/c1-4-10(5-2)16(7-6-14)13(17)12-11(15)9(3)8-18-12/h8,10H,4-7H2,1-3H3. The van der Waals surface area contributed by atoms with Crippen LogP contribution in [0.1, 0.15) is 41.9 Å². The van der Waals surface area contributed by atoms with Crippen LogP contribution in [0, 0.1) is 6.92 Å². The van der Waals surface area contributed by atoms with Crippen molar-refractivity contribution in [1.82, 2.24) is 4.90 Å². The number of amides is 1. The second-order valence-electron chi connectivity index (χ2n) is 4.22. The van der Waals surface area contributed by atoms with Crippen LogP contribution < -0.4 is 0 Å². The fourth-order valence-electron chi connectivity index (χ4n) is 1.98. The molecule has 0 bridgehead atoms. The second-order valence-corrected chi connectivity index (χ2v) is 6.27. The summed E-state index contributed by atoms with van der Waals surface area (Å²) in [4.78, 5) is 15.2. The van der Waals surface area contributed by atoms with Crippen molar-refractivity contribution in [2.75, 3.05) is 11.9 Å². The zero-order valence-electron chi connectivity index (χ0n) is 11.0. The molecular formula is C13H19BrClNOS. The lowest BCUT2D eigenvalue weighted by atomic mass is 10.1. The van der Waals surface area contributed by atoms with Crippen molar-refractivity contribution in [3.63, 3.8) is 0 Å². The first kappa shape index (κ1) is 16.0. The number of carbonyl (C=O) groups is 1. The van der Waals surface area contributed by atoms with Crippen molar-refractivity contribution < 1.29 is 4.79 Å². The van der Waals surface area contributed by atoms with Crippen molar-refractivity contribution in [2.45, 2.75) is 39.7 Å². The number of hydrogen-bond acceptors (Lipinski definition) is 2. The summed E-state index contributed by atoms with van der Waals surface area (Å²) in [6, 6.07) is 0.286. The SMILES string of the molecule is CCC(CC)N(CCBr)C(=O)c1scc(C)c1Cl. The van der Waals surface area contributed by atoms with E-state index in [-0.39, 0.29) is 11.9 Å². The van der Waals surface area contributed by atoms with Gasteiger partial charge in [-0.2, -0.15) is 0 Å². The van der Waals surface area contributed by atoms with Crippen LogP contribution in [0.2, 0.25) is 5.02 Å². The molecule has 2 nitrogen and oxygen atoms in total. The van der Waals surface area contributed by atoms with Crippen LogP contribution in [-0.2, 0) is 0 Å². The van der Waals surface area contributed by atoms with Gasteiger partial charge < -0.3 is 4.90 Å². The third kappa shape index (κ3) is 3.49. The number of rotatable bonds is 6. The first-order valence-electron chi connectivity index (χ1n) is 6.17. The van der Waals surface area contributed by atoms with Crippen molar-refractivity contribution in [3.05, 3.63) is 20.8 Å². The van der Waals surface area contributed by atoms with E-state index in [9.17, 15) is 4.79 Å². The number of thiophene rings is 1. The Balaban J connectivity index is 2.99. The Kier molecular flexibility index (Phi) is 6.67. The number of hydrogen-bond donors (Lipinski definition) is 0. The molecule has 0 aliphatic rings. The molecule has 0 radical (unpaired) electrons. The molecule has 1 aromatic heterocycles. The molecule has 0 spiro atoms. The van der Waals surface area contributed by atoms with Gasteiger partial charge in [-0.1, -0.05) is 41.4 Å². The van der Waals surface area contributed by atoms with Gasteiger partial charge in [0.1, 0.15) is 4.88 Å². The number of halogens is 2. The minimum absolute atomic E-state index is 0.0613. The molecule has 18 heavy (non-hydrogen) atoms. The highest BCUT2D eigenvalue weighted by atomic mass is 79.9. The Labute approximate surface area is 126 Å². The Morgan fingerprint density at radius 2 is 2.11 bits per heavy atom. The minimum atomic E-state index is 0.0613. The van der Waals surface area contributed by atoms with Crippen molar-refractivity contribution in [2.24, 2.45) is 0 Å². The minimum Gasteiger partial charge on any atom is -0.334 e. The van der Waals surface area contributed by atoms with Gasteiger partial charge in [-0.25, -0.2) is 0 Å². The van der Waals surface area contributed by atoms with E-state index < -0.39 is 0 Å². The molecule has 0 aromatic carbocycles. The summed E-state index contributed by atoms with van der Waals surface area (Å²) in [5.74, 6) is 0.0613. The summed E-state index contributed by atoms with van der Waals surface area (Å²) in [7, 11) is 0. The Morgan fingerprint density at radius 1 is 1.50 bits per heavy atom. The van der Waals surface area contributed by atoms with Crippen molar-refractivity contribution in [1.29, 1.82) is 0 Å². The fourth-order valence-corrected chi connectivity index (χ4v) is 3.59. The molecule has 0 atom stereocenters. The number of carbonyl (C=O) groups excluding carboxylic acids is 1. The molecule has 5 heteroatoms. The van der Waals surface area contributed by atoms with E-state index in [2.05, 4.69) is 29.8 Å². The van der Waals surface area contributed by atoms with Crippen molar-refractivity contribution in [3.8, 4) is 0 Å². The lowest BCUT2D eigenvalue weighted by Gasteiger charge is -2.29. The van der Waals surface area contributed by atoms with Crippen LogP contribution in [0.3, 0.4) is 0 Å². The van der Waals surface area contributed by atoms with Crippen LogP contribution in [0.5, 0.6) is 0 Å². The maximum atomic E-state index is 12.6. The molecule has 0 aliphatic carbocycles. The summed E-state index contributed by atoms with van der Waals surface area (Å²) in [5.41, 5.74) is 0.980. The van der Waals surface area contributed by atoms with Crippen LogP contribution >= 0.6 is 38.9 Å². The Hall–Kier alpha value is -0.0600. The molecular weight excluding hydrogens is 334 g/mol. The van der Waals surface area contributed by atoms with Gasteiger partial charge in [0, 0.05) is 17.9 Å². The first-order valence-corrected chi connectivity index (χ1v) is 8.55. The highest BCUT2D eigenvalue weighted by molar-refractivity contribution is 9.09. The topological polar surface area (TPSA) is 20.3 Å². The van der Waals surface area contributed by atoms with Gasteiger partial charge in [0.25, 0.3) is 5.91 Å². The molecule has 1 aromatic rings. The van der Waals surface area contributed by atoms with Crippen LogP contribution in [0.15, 0.2) is 5.38 Å². The Morgan fingerprint density at radius 3 is 2.50 bits per heavy atom. The van der Waals surface area contributed by atoms with Gasteiger partial charge in [0.2, 0.25) is 0 Å². The van der Waals surface area contributed by atoms with Crippen LogP contribution in [0.4, 0.5) is 0 Å². The quantitative estimate of drug-likeness (QED) is 0.677. The van der Waals surface area contributed by atoms with Gasteiger partial charge in [0.05, 0.1) is 5.02 Å². The maximum Gasteiger partial charge on any atom is 0.265 e. The largest absolute Gasteiger partial charge is 0.334 e. The third-order valence-electron chi connectivity index (χ3n) is 3.06. The van der Waals surface area contributed by atoms with E-state index in [0.717, 1.165) is 30.3 Å². The van der Waals surface area contributed by atoms with E-state index in [0.29, 0.717) is 9.90 Å². The highest BCUT2D eigenvalue weighted by Crippen LogP contribution is 2.29.